The van der Waals surface area contributed by atoms with Gasteiger partial charge in [-0.1, -0.05) is 41.6 Å². The van der Waals surface area contributed by atoms with E-state index in [0.29, 0.717) is 23.1 Å². The van der Waals surface area contributed by atoms with Crippen LogP contribution in [0.2, 0.25) is 5.02 Å². The minimum atomic E-state index is 0.433. The molecule has 0 fully saturated rings. The van der Waals surface area contributed by atoms with E-state index in [1.54, 1.807) is 23.6 Å². The van der Waals surface area contributed by atoms with E-state index in [2.05, 4.69) is 20.8 Å². The molecule has 0 aliphatic rings. The van der Waals surface area contributed by atoms with Crippen molar-refractivity contribution in [1.82, 2.24) is 25.5 Å². The number of benzene rings is 2. The summed E-state index contributed by atoms with van der Waals surface area (Å²) in [4.78, 5) is 0. The van der Waals surface area contributed by atoms with Crippen LogP contribution >= 0.6 is 23.4 Å². The Hall–Kier alpha value is -2.29. The monoisotopic (exact) mass is 419 g/mol. The number of nitrogens with zero attached hydrogens (tertiary/aromatic N) is 4. The van der Waals surface area contributed by atoms with E-state index in [-0.39, 0.29) is 0 Å². The zero-order valence-electron chi connectivity index (χ0n) is 15.8. The highest BCUT2D eigenvalue weighted by atomic mass is 35.5. The van der Waals surface area contributed by atoms with Gasteiger partial charge in [0.25, 0.3) is 0 Å². The van der Waals surface area contributed by atoms with E-state index in [9.17, 15) is 0 Å². The molecule has 9 heteroatoms. The summed E-state index contributed by atoms with van der Waals surface area (Å²) in [6.45, 7) is 2.01. The fourth-order valence-corrected chi connectivity index (χ4v) is 3.48. The van der Waals surface area contributed by atoms with Gasteiger partial charge in [0.15, 0.2) is 11.5 Å². The molecule has 0 aliphatic carbocycles. The maximum Gasteiger partial charge on any atom is 0.209 e. The first-order valence-electron chi connectivity index (χ1n) is 8.75. The molecule has 0 radical (unpaired) electrons. The van der Waals surface area contributed by atoms with Gasteiger partial charge in [-0.05, 0) is 45.8 Å². The number of ether oxygens (including phenoxy) is 2. The van der Waals surface area contributed by atoms with Crippen molar-refractivity contribution in [3.63, 3.8) is 0 Å². The molecule has 0 unspecified atom stereocenters. The number of tetrazole rings is 1. The van der Waals surface area contributed by atoms with Crippen LogP contribution in [0.1, 0.15) is 11.1 Å². The molecular formula is C19H22ClN5O2S. The molecule has 28 heavy (non-hydrogen) atoms. The van der Waals surface area contributed by atoms with Crippen LogP contribution in [0.5, 0.6) is 11.5 Å². The predicted molar refractivity (Wildman–Crippen MR) is 110 cm³/mol. The van der Waals surface area contributed by atoms with Crippen molar-refractivity contribution >= 4 is 23.4 Å². The average molecular weight is 420 g/mol. The first-order chi connectivity index (χ1) is 13.7. The van der Waals surface area contributed by atoms with Gasteiger partial charge in [-0.3, -0.25) is 0 Å². The molecule has 148 valence electrons. The van der Waals surface area contributed by atoms with E-state index in [1.807, 2.05) is 49.5 Å². The lowest BCUT2D eigenvalue weighted by Crippen LogP contribution is -2.16. The summed E-state index contributed by atoms with van der Waals surface area (Å²) < 4.78 is 13.0. The second kappa shape index (κ2) is 10.3. The number of aryl methyl sites for hydroxylation is 1. The number of nitrogens with one attached hydrogen (secondary N) is 1. The average Bonchev–Trinajstić information content (AvgIpc) is 3.11. The lowest BCUT2D eigenvalue weighted by Gasteiger charge is -2.13. The Labute approximate surface area is 173 Å². The van der Waals surface area contributed by atoms with Crippen molar-refractivity contribution < 1.29 is 9.47 Å². The van der Waals surface area contributed by atoms with Crippen LogP contribution in [0.3, 0.4) is 0 Å². The number of halogens is 1. The van der Waals surface area contributed by atoms with Crippen LogP contribution in [0.4, 0.5) is 0 Å². The Balaban J connectivity index is 1.47. The summed E-state index contributed by atoms with van der Waals surface area (Å²) in [5.74, 6) is 2.30. The molecule has 0 amide bonds. The van der Waals surface area contributed by atoms with E-state index in [4.69, 9.17) is 21.1 Å². The SMILES string of the molecule is COc1cc(CNCCSc2nnnn2C)ccc1OCc1cccc(Cl)c1. The van der Waals surface area contributed by atoms with Gasteiger partial charge in [0.2, 0.25) is 5.16 Å². The number of thioether (sulfide) groups is 1. The van der Waals surface area contributed by atoms with Gasteiger partial charge in [-0.2, -0.15) is 0 Å². The number of hydrogen-bond donors (Lipinski definition) is 1. The molecule has 0 bridgehead atoms. The summed E-state index contributed by atoms with van der Waals surface area (Å²) >= 11 is 7.63. The Bertz CT molecular complexity index is 906. The molecule has 3 aromatic rings. The smallest absolute Gasteiger partial charge is 0.209 e. The van der Waals surface area contributed by atoms with Gasteiger partial charge < -0.3 is 14.8 Å². The standard InChI is InChI=1S/C19H22ClN5O2S/c1-25-19(22-23-24-25)28-9-8-21-12-14-6-7-17(18(11-14)26-2)27-13-15-4-3-5-16(20)10-15/h3-7,10-11,21H,8-9,12-13H2,1-2H3. The van der Waals surface area contributed by atoms with Crippen molar-refractivity contribution in [3.8, 4) is 11.5 Å². The first-order valence-corrected chi connectivity index (χ1v) is 10.1. The Morgan fingerprint density at radius 3 is 2.79 bits per heavy atom. The van der Waals surface area contributed by atoms with E-state index in [1.165, 1.54) is 0 Å². The molecule has 1 heterocycles. The van der Waals surface area contributed by atoms with Gasteiger partial charge in [0, 0.05) is 30.9 Å². The molecule has 7 nitrogen and oxygen atoms in total. The normalized spacial score (nSPS) is 10.8. The highest BCUT2D eigenvalue weighted by Gasteiger charge is 2.07. The van der Waals surface area contributed by atoms with Crippen molar-refractivity contribution in [1.29, 1.82) is 0 Å². The number of aromatic nitrogens is 4. The number of rotatable bonds is 10. The number of hydrogen-bond acceptors (Lipinski definition) is 7. The van der Waals surface area contributed by atoms with Gasteiger partial charge in [0.05, 0.1) is 7.11 Å². The van der Waals surface area contributed by atoms with Crippen LogP contribution in [-0.2, 0) is 20.2 Å². The zero-order chi connectivity index (χ0) is 19.8. The minimum absolute atomic E-state index is 0.433. The minimum Gasteiger partial charge on any atom is -0.493 e. The molecule has 1 N–H and O–H groups in total. The fraction of sp³-hybridized carbons (Fsp3) is 0.316. The van der Waals surface area contributed by atoms with Crippen LogP contribution in [0.15, 0.2) is 47.6 Å². The fourth-order valence-electron chi connectivity index (χ4n) is 2.52. The topological polar surface area (TPSA) is 74.1 Å². The molecule has 2 aromatic carbocycles. The van der Waals surface area contributed by atoms with Crippen LogP contribution in [-0.4, -0.2) is 39.6 Å². The Kier molecular flexibility index (Phi) is 7.53. The van der Waals surface area contributed by atoms with E-state index < -0.39 is 0 Å². The summed E-state index contributed by atoms with van der Waals surface area (Å²) in [7, 11) is 3.47. The molecule has 0 aliphatic heterocycles. The van der Waals surface area contributed by atoms with Gasteiger partial charge in [-0.25, -0.2) is 4.68 Å². The molecule has 0 atom stereocenters. The predicted octanol–water partition coefficient (Wildman–Crippen LogP) is 3.33. The quantitative estimate of drug-likeness (QED) is 0.399. The molecule has 0 spiro atoms. The molecular weight excluding hydrogens is 398 g/mol. The maximum absolute atomic E-state index is 6.01. The molecule has 0 saturated heterocycles. The van der Waals surface area contributed by atoms with E-state index in [0.717, 1.165) is 35.1 Å². The van der Waals surface area contributed by atoms with Gasteiger partial charge in [-0.15, -0.1) is 5.10 Å². The highest BCUT2D eigenvalue weighted by Crippen LogP contribution is 2.29. The lowest BCUT2D eigenvalue weighted by atomic mass is 10.2. The second-order valence-electron chi connectivity index (χ2n) is 6.01. The van der Waals surface area contributed by atoms with Crippen molar-refractivity contribution in [3.05, 3.63) is 58.6 Å². The van der Waals surface area contributed by atoms with Crippen LogP contribution in [0, 0.1) is 0 Å². The third-order valence-electron chi connectivity index (χ3n) is 3.93. The van der Waals surface area contributed by atoms with Gasteiger partial charge in [0.1, 0.15) is 6.61 Å². The van der Waals surface area contributed by atoms with E-state index >= 15 is 0 Å². The molecule has 3 rings (SSSR count). The Morgan fingerprint density at radius 2 is 2.04 bits per heavy atom. The molecule has 0 saturated carbocycles. The number of methoxy groups -OCH3 is 1. The zero-order valence-corrected chi connectivity index (χ0v) is 17.3. The second-order valence-corrected chi connectivity index (χ2v) is 7.51. The molecule has 1 aromatic heterocycles. The summed E-state index contributed by atoms with van der Waals surface area (Å²) in [6.07, 6.45) is 0. The summed E-state index contributed by atoms with van der Waals surface area (Å²) in [5.41, 5.74) is 2.13. The maximum atomic E-state index is 6.01. The lowest BCUT2D eigenvalue weighted by molar-refractivity contribution is 0.284. The largest absolute Gasteiger partial charge is 0.493 e. The first kappa shape index (κ1) is 20.4. The summed E-state index contributed by atoms with van der Waals surface area (Å²) in [6, 6.07) is 13.6. The van der Waals surface area contributed by atoms with Crippen LogP contribution in [0.25, 0.3) is 0 Å². The third kappa shape index (κ3) is 5.85. The van der Waals surface area contributed by atoms with Crippen LogP contribution < -0.4 is 14.8 Å². The van der Waals surface area contributed by atoms with Crippen molar-refractivity contribution in [2.24, 2.45) is 7.05 Å². The Morgan fingerprint density at radius 1 is 1.14 bits per heavy atom. The van der Waals surface area contributed by atoms with Crippen molar-refractivity contribution in [2.45, 2.75) is 18.3 Å². The van der Waals surface area contributed by atoms with Gasteiger partial charge >= 0.3 is 0 Å². The third-order valence-corrected chi connectivity index (χ3v) is 5.18. The summed E-state index contributed by atoms with van der Waals surface area (Å²) in [5, 5.41) is 16.3. The highest BCUT2D eigenvalue weighted by molar-refractivity contribution is 7.99. The van der Waals surface area contributed by atoms with Crippen molar-refractivity contribution in [2.75, 3.05) is 19.4 Å².